The molecule has 1 N–H and O–H groups in total. The summed E-state index contributed by atoms with van der Waals surface area (Å²) in [6.07, 6.45) is 4.03. The number of aromatic nitrogens is 1. The Kier molecular flexibility index (Phi) is 3.19. The number of furan rings is 1. The summed E-state index contributed by atoms with van der Waals surface area (Å²) in [5.41, 5.74) is 0.566. The molecule has 0 bridgehead atoms. The molecular weight excluding hydrogens is 202 g/mol. The van der Waals surface area contributed by atoms with Crippen molar-refractivity contribution in [3.05, 3.63) is 48.0 Å². The molecule has 0 saturated carbocycles. The number of hydrogen-bond donors (Lipinski definition) is 1. The molecule has 80 valence electrons. The van der Waals surface area contributed by atoms with Crippen LogP contribution in [0.1, 0.15) is 11.3 Å². The van der Waals surface area contributed by atoms with Gasteiger partial charge in [0.1, 0.15) is 17.6 Å². The lowest BCUT2D eigenvalue weighted by molar-refractivity contribution is 0.513. The van der Waals surface area contributed by atoms with Crippen LogP contribution in [0.3, 0.4) is 0 Å². The topological polar surface area (TPSA) is 61.9 Å². The highest BCUT2D eigenvalue weighted by Gasteiger charge is 1.97. The molecule has 0 saturated heterocycles. The van der Waals surface area contributed by atoms with Gasteiger partial charge >= 0.3 is 0 Å². The van der Waals surface area contributed by atoms with Gasteiger partial charge in [-0.3, -0.25) is 0 Å². The van der Waals surface area contributed by atoms with E-state index in [2.05, 4.69) is 10.3 Å². The van der Waals surface area contributed by atoms with E-state index >= 15 is 0 Å². The highest BCUT2D eigenvalue weighted by molar-refractivity contribution is 5.38. The number of nitrogens with zero attached hydrogens (tertiary/aromatic N) is 2. The molecule has 0 unspecified atom stereocenters. The van der Waals surface area contributed by atoms with Gasteiger partial charge in [-0.1, -0.05) is 0 Å². The van der Waals surface area contributed by atoms with Crippen molar-refractivity contribution in [3.63, 3.8) is 0 Å². The predicted molar refractivity (Wildman–Crippen MR) is 59.9 cm³/mol. The van der Waals surface area contributed by atoms with Gasteiger partial charge in [0.05, 0.1) is 11.8 Å². The standard InChI is InChI=1S/C12H11N3O/c13-8-10-3-4-12(15-9-10)14-6-5-11-2-1-7-16-11/h1-4,7,9H,5-6H2,(H,14,15). The van der Waals surface area contributed by atoms with Crippen molar-refractivity contribution in [2.24, 2.45) is 0 Å². The minimum Gasteiger partial charge on any atom is -0.469 e. The molecule has 0 aliphatic rings. The van der Waals surface area contributed by atoms with Gasteiger partial charge in [0.15, 0.2) is 0 Å². The van der Waals surface area contributed by atoms with Crippen LogP contribution in [-0.4, -0.2) is 11.5 Å². The van der Waals surface area contributed by atoms with Crippen LogP contribution in [0.5, 0.6) is 0 Å². The molecule has 0 aliphatic heterocycles. The maximum absolute atomic E-state index is 8.61. The molecule has 0 radical (unpaired) electrons. The van der Waals surface area contributed by atoms with E-state index in [1.165, 1.54) is 0 Å². The highest BCUT2D eigenvalue weighted by Crippen LogP contribution is 2.05. The molecule has 0 atom stereocenters. The summed E-state index contributed by atoms with van der Waals surface area (Å²) in [4.78, 5) is 4.10. The van der Waals surface area contributed by atoms with Crippen molar-refractivity contribution in [2.45, 2.75) is 6.42 Å². The Morgan fingerprint density at radius 1 is 1.38 bits per heavy atom. The Balaban J connectivity index is 1.83. The number of nitrogens with one attached hydrogen (secondary N) is 1. The van der Waals surface area contributed by atoms with Gasteiger partial charge < -0.3 is 9.73 Å². The minimum atomic E-state index is 0.566. The number of anilines is 1. The zero-order valence-corrected chi connectivity index (χ0v) is 8.68. The monoisotopic (exact) mass is 213 g/mol. The fourth-order valence-corrected chi connectivity index (χ4v) is 1.33. The summed E-state index contributed by atoms with van der Waals surface area (Å²) >= 11 is 0. The quantitative estimate of drug-likeness (QED) is 0.845. The van der Waals surface area contributed by atoms with E-state index in [0.29, 0.717) is 5.56 Å². The third-order valence-electron chi connectivity index (χ3n) is 2.15. The average Bonchev–Trinajstić information content (AvgIpc) is 2.83. The van der Waals surface area contributed by atoms with E-state index < -0.39 is 0 Å². The van der Waals surface area contributed by atoms with Crippen LogP contribution in [0, 0.1) is 11.3 Å². The molecule has 0 spiro atoms. The van der Waals surface area contributed by atoms with E-state index in [4.69, 9.17) is 9.68 Å². The van der Waals surface area contributed by atoms with E-state index in [9.17, 15) is 0 Å². The van der Waals surface area contributed by atoms with Crippen molar-refractivity contribution >= 4 is 5.82 Å². The SMILES string of the molecule is N#Cc1ccc(NCCc2ccco2)nc1. The van der Waals surface area contributed by atoms with Crippen LogP contribution in [0.15, 0.2) is 41.1 Å². The van der Waals surface area contributed by atoms with Crippen molar-refractivity contribution in [3.8, 4) is 6.07 Å². The fourth-order valence-electron chi connectivity index (χ4n) is 1.33. The summed E-state index contributed by atoms with van der Waals surface area (Å²) in [5.74, 6) is 1.71. The fraction of sp³-hybridized carbons (Fsp3) is 0.167. The minimum absolute atomic E-state index is 0.566. The molecule has 16 heavy (non-hydrogen) atoms. The zero-order valence-electron chi connectivity index (χ0n) is 8.68. The summed E-state index contributed by atoms with van der Waals surface area (Å²) in [7, 11) is 0. The van der Waals surface area contributed by atoms with Crippen LogP contribution in [-0.2, 0) is 6.42 Å². The highest BCUT2D eigenvalue weighted by atomic mass is 16.3. The second-order valence-corrected chi connectivity index (χ2v) is 3.30. The first-order valence-electron chi connectivity index (χ1n) is 5.01. The molecule has 0 amide bonds. The van der Waals surface area contributed by atoms with Crippen molar-refractivity contribution in [2.75, 3.05) is 11.9 Å². The molecule has 2 aromatic rings. The van der Waals surface area contributed by atoms with Crippen molar-refractivity contribution in [1.82, 2.24) is 4.98 Å². The lowest BCUT2D eigenvalue weighted by atomic mass is 10.3. The van der Waals surface area contributed by atoms with Gasteiger partial charge in [0, 0.05) is 19.2 Å². The second kappa shape index (κ2) is 4.99. The first-order chi connectivity index (χ1) is 7.88. The molecule has 4 nitrogen and oxygen atoms in total. The Bertz CT molecular complexity index is 468. The Hall–Kier alpha value is -2.28. The van der Waals surface area contributed by atoms with E-state index in [1.807, 2.05) is 18.2 Å². The smallest absolute Gasteiger partial charge is 0.125 e. The molecule has 0 aliphatic carbocycles. The lowest BCUT2D eigenvalue weighted by Crippen LogP contribution is -2.05. The third-order valence-corrected chi connectivity index (χ3v) is 2.15. The average molecular weight is 213 g/mol. The van der Waals surface area contributed by atoms with Crippen LogP contribution in [0.2, 0.25) is 0 Å². The maximum atomic E-state index is 8.61. The maximum Gasteiger partial charge on any atom is 0.125 e. The van der Waals surface area contributed by atoms with Crippen LogP contribution >= 0.6 is 0 Å². The number of hydrogen-bond acceptors (Lipinski definition) is 4. The largest absolute Gasteiger partial charge is 0.469 e. The summed E-state index contributed by atoms with van der Waals surface area (Å²) in [6.45, 7) is 0.756. The van der Waals surface area contributed by atoms with Gasteiger partial charge in [-0.25, -0.2) is 4.98 Å². The first kappa shape index (κ1) is 10.2. The lowest BCUT2D eigenvalue weighted by Gasteiger charge is -2.03. The molecule has 2 rings (SSSR count). The molecular formula is C12H11N3O. The molecule has 0 fully saturated rings. The van der Waals surface area contributed by atoms with Gasteiger partial charge in [-0.2, -0.15) is 5.26 Å². The van der Waals surface area contributed by atoms with Gasteiger partial charge in [-0.05, 0) is 24.3 Å². The molecule has 4 heteroatoms. The van der Waals surface area contributed by atoms with Gasteiger partial charge in [0.25, 0.3) is 0 Å². The summed E-state index contributed by atoms with van der Waals surface area (Å²) in [5, 5.41) is 11.8. The van der Waals surface area contributed by atoms with Crippen LogP contribution in [0.25, 0.3) is 0 Å². The van der Waals surface area contributed by atoms with E-state index in [0.717, 1.165) is 24.5 Å². The van der Waals surface area contributed by atoms with E-state index in [-0.39, 0.29) is 0 Å². The number of pyridine rings is 1. The number of nitriles is 1. The Morgan fingerprint density at radius 3 is 2.94 bits per heavy atom. The molecule has 2 heterocycles. The van der Waals surface area contributed by atoms with Crippen molar-refractivity contribution in [1.29, 1.82) is 5.26 Å². The predicted octanol–water partition coefficient (Wildman–Crippen LogP) is 2.20. The normalized spacial score (nSPS) is 9.69. The summed E-state index contributed by atoms with van der Waals surface area (Å²) in [6, 6.07) is 9.37. The second-order valence-electron chi connectivity index (χ2n) is 3.30. The molecule has 2 aromatic heterocycles. The molecule has 0 aromatic carbocycles. The van der Waals surface area contributed by atoms with Crippen LogP contribution in [0.4, 0.5) is 5.82 Å². The van der Waals surface area contributed by atoms with E-state index in [1.54, 1.807) is 24.6 Å². The summed E-state index contributed by atoms with van der Waals surface area (Å²) < 4.78 is 5.20. The first-order valence-corrected chi connectivity index (χ1v) is 5.01. The third kappa shape index (κ3) is 2.61. The van der Waals surface area contributed by atoms with Crippen LogP contribution < -0.4 is 5.32 Å². The van der Waals surface area contributed by atoms with Crippen molar-refractivity contribution < 1.29 is 4.42 Å². The van der Waals surface area contributed by atoms with Gasteiger partial charge in [-0.15, -0.1) is 0 Å². The Labute approximate surface area is 93.5 Å². The Morgan fingerprint density at radius 2 is 2.31 bits per heavy atom. The number of rotatable bonds is 4. The van der Waals surface area contributed by atoms with Gasteiger partial charge in [0.2, 0.25) is 0 Å². The zero-order chi connectivity index (χ0) is 11.2.